The number of nitrogens with one attached hydrogen (secondary N) is 1. The van der Waals surface area contributed by atoms with Crippen LogP contribution in [0.4, 0.5) is 5.13 Å². The van der Waals surface area contributed by atoms with E-state index in [9.17, 15) is 0 Å². The van der Waals surface area contributed by atoms with Gasteiger partial charge in [-0.2, -0.15) is 4.37 Å². The monoisotopic (exact) mass is 225 g/mol. The standard InChI is InChI=1S/C11H19N3S/c1-8(2)9-5-3-4-6-10(9)14-11-12-7-13-15-11/h7-10H,3-6H2,1-2H3,(H,12,13,14). The summed E-state index contributed by atoms with van der Waals surface area (Å²) in [6, 6.07) is 0.603. The maximum absolute atomic E-state index is 4.20. The van der Waals surface area contributed by atoms with E-state index in [0.29, 0.717) is 6.04 Å². The fraction of sp³-hybridized carbons (Fsp3) is 0.818. The third-order valence-corrected chi connectivity index (χ3v) is 3.94. The van der Waals surface area contributed by atoms with Gasteiger partial charge in [-0.05, 0) is 24.7 Å². The highest BCUT2D eigenvalue weighted by atomic mass is 32.1. The maximum Gasteiger partial charge on any atom is 0.202 e. The van der Waals surface area contributed by atoms with E-state index in [-0.39, 0.29) is 0 Å². The summed E-state index contributed by atoms with van der Waals surface area (Å²) in [6.07, 6.45) is 6.99. The zero-order valence-electron chi connectivity index (χ0n) is 9.44. The van der Waals surface area contributed by atoms with Crippen molar-refractivity contribution < 1.29 is 0 Å². The van der Waals surface area contributed by atoms with Crippen molar-refractivity contribution in [1.82, 2.24) is 9.36 Å². The third kappa shape index (κ3) is 2.68. The lowest BCUT2D eigenvalue weighted by molar-refractivity contribution is 0.254. The Morgan fingerprint density at radius 1 is 1.40 bits per heavy atom. The van der Waals surface area contributed by atoms with Crippen LogP contribution < -0.4 is 5.32 Å². The van der Waals surface area contributed by atoms with Crippen molar-refractivity contribution in [3.05, 3.63) is 6.33 Å². The molecule has 0 radical (unpaired) electrons. The summed E-state index contributed by atoms with van der Waals surface area (Å²) in [5, 5.41) is 4.52. The summed E-state index contributed by atoms with van der Waals surface area (Å²) < 4.78 is 4.03. The smallest absolute Gasteiger partial charge is 0.202 e. The minimum Gasteiger partial charge on any atom is -0.357 e. The quantitative estimate of drug-likeness (QED) is 0.858. The van der Waals surface area contributed by atoms with Crippen LogP contribution >= 0.6 is 11.5 Å². The van der Waals surface area contributed by atoms with Gasteiger partial charge < -0.3 is 5.32 Å². The van der Waals surface area contributed by atoms with E-state index in [2.05, 4.69) is 28.5 Å². The van der Waals surface area contributed by atoms with Crippen LogP contribution in [0.2, 0.25) is 0 Å². The summed E-state index contributed by atoms with van der Waals surface area (Å²) in [7, 11) is 0. The summed E-state index contributed by atoms with van der Waals surface area (Å²) >= 11 is 1.46. The van der Waals surface area contributed by atoms with Gasteiger partial charge in [-0.1, -0.05) is 26.7 Å². The average Bonchev–Trinajstić information content (AvgIpc) is 2.71. The number of anilines is 1. The lowest BCUT2D eigenvalue weighted by Gasteiger charge is -2.34. The second-order valence-corrected chi connectivity index (χ2v) is 5.47. The molecule has 0 saturated heterocycles. The molecule has 4 heteroatoms. The summed E-state index contributed by atoms with van der Waals surface area (Å²) in [4.78, 5) is 4.20. The van der Waals surface area contributed by atoms with Gasteiger partial charge in [0.15, 0.2) is 0 Å². The number of rotatable bonds is 3. The Labute approximate surface area is 95.5 Å². The van der Waals surface area contributed by atoms with Crippen molar-refractivity contribution in [1.29, 1.82) is 0 Å². The fourth-order valence-corrected chi connectivity index (χ4v) is 3.02. The van der Waals surface area contributed by atoms with Crippen LogP contribution in [-0.2, 0) is 0 Å². The van der Waals surface area contributed by atoms with Crippen LogP contribution in [0.15, 0.2) is 6.33 Å². The Hall–Kier alpha value is -0.640. The molecule has 0 aromatic carbocycles. The molecule has 0 spiro atoms. The number of nitrogens with zero attached hydrogens (tertiary/aromatic N) is 2. The summed E-state index contributed by atoms with van der Waals surface area (Å²) in [5.41, 5.74) is 0. The molecule has 2 unspecified atom stereocenters. The highest BCUT2D eigenvalue weighted by molar-refractivity contribution is 7.09. The Bertz CT molecular complexity index is 284. The van der Waals surface area contributed by atoms with Crippen molar-refractivity contribution in [2.45, 2.75) is 45.6 Å². The molecule has 1 aromatic heterocycles. The van der Waals surface area contributed by atoms with Crippen LogP contribution in [0, 0.1) is 11.8 Å². The summed E-state index contributed by atoms with van der Waals surface area (Å²) in [5.74, 6) is 1.55. The molecular formula is C11H19N3S. The van der Waals surface area contributed by atoms with Crippen LogP contribution in [0.25, 0.3) is 0 Å². The molecule has 2 rings (SSSR count). The molecule has 1 N–H and O–H groups in total. The van der Waals surface area contributed by atoms with Crippen molar-refractivity contribution in [3.63, 3.8) is 0 Å². The Morgan fingerprint density at radius 3 is 2.87 bits per heavy atom. The van der Waals surface area contributed by atoms with E-state index in [1.54, 1.807) is 6.33 Å². The second kappa shape index (κ2) is 4.92. The van der Waals surface area contributed by atoms with E-state index in [1.165, 1.54) is 37.2 Å². The normalized spacial score (nSPS) is 26.9. The highest BCUT2D eigenvalue weighted by Crippen LogP contribution is 2.32. The molecule has 15 heavy (non-hydrogen) atoms. The van der Waals surface area contributed by atoms with E-state index in [1.807, 2.05) is 0 Å². The Balaban J connectivity index is 1.99. The van der Waals surface area contributed by atoms with Gasteiger partial charge in [0.2, 0.25) is 5.13 Å². The minimum atomic E-state index is 0.603. The predicted octanol–water partition coefficient (Wildman–Crippen LogP) is 3.16. The lowest BCUT2D eigenvalue weighted by atomic mass is 9.78. The van der Waals surface area contributed by atoms with Gasteiger partial charge in [-0.3, -0.25) is 0 Å². The second-order valence-electron chi connectivity index (χ2n) is 4.69. The molecular weight excluding hydrogens is 206 g/mol. The van der Waals surface area contributed by atoms with Crippen LogP contribution in [0.3, 0.4) is 0 Å². The molecule has 3 nitrogen and oxygen atoms in total. The highest BCUT2D eigenvalue weighted by Gasteiger charge is 2.27. The van der Waals surface area contributed by atoms with E-state index < -0.39 is 0 Å². The molecule has 1 heterocycles. The van der Waals surface area contributed by atoms with Gasteiger partial charge in [0.05, 0.1) is 0 Å². The predicted molar refractivity (Wildman–Crippen MR) is 64.1 cm³/mol. The SMILES string of the molecule is CC(C)C1CCCCC1Nc1ncns1. The van der Waals surface area contributed by atoms with Crippen LogP contribution in [0.5, 0.6) is 0 Å². The zero-order chi connectivity index (χ0) is 10.7. The van der Waals surface area contributed by atoms with E-state index in [0.717, 1.165) is 17.0 Å². The van der Waals surface area contributed by atoms with Crippen molar-refractivity contribution in [2.24, 2.45) is 11.8 Å². The molecule has 0 aliphatic heterocycles. The maximum atomic E-state index is 4.20. The van der Waals surface area contributed by atoms with Crippen molar-refractivity contribution >= 4 is 16.7 Å². The van der Waals surface area contributed by atoms with Crippen LogP contribution in [-0.4, -0.2) is 15.4 Å². The van der Waals surface area contributed by atoms with Crippen molar-refractivity contribution in [3.8, 4) is 0 Å². The summed E-state index contributed by atoms with van der Waals surface area (Å²) in [6.45, 7) is 4.65. The number of hydrogen-bond acceptors (Lipinski definition) is 4. The first kappa shape index (κ1) is 10.9. The van der Waals surface area contributed by atoms with Gasteiger partial charge in [0.25, 0.3) is 0 Å². The molecule has 1 fully saturated rings. The van der Waals surface area contributed by atoms with Gasteiger partial charge >= 0.3 is 0 Å². The van der Waals surface area contributed by atoms with Gasteiger partial charge in [-0.15, -0.1) is 0 Å². The Kier molecular flexibility index (Phi) is 3.57. The molecule has 1 aliphatic rings. The third-order valence-electron chi connectivity index (χ3n) is 3.35. The average molecular weight is 225 g/mol. The largest absolute Gasteiger partial charge is 0.357 e. The molecule has 1 aromatic rings. The lowest BCUT2D eigenvalue weighted by Crippen LogP contribution is -2.35. The minimum absolute atomic E-state index is 0.603. The first-order valence-corrected chi connectivity index (χ1v) is 6.58. The van der Waals surface area contributed by atoms with E-state index in [4.69, 9.17) is 0 Å². The first-order chi connectivity index (χ1) is 7.27. The topological polar surface area (TPSA) is 37.8 Å². The molecule has 0 amide bonds. The zero-order valence-corrected chi connectivity index (χ0v) is 10.3. The van der Waals surface area contributed by atoms with Gasteiger partial charge in [-0.25, -0.2) is 4.98 Å². The molecule has 1 aliphatic carbocycles. The number of aromatic nitrogens is 2. The van der Waals surface area contributed by atoms with Gasteiger partial charge in [0.1, 0.15) is 6.33 Å². The first-order valence-electron chi connectivity index (χ1n) is 5.80. The fourth-order valence-electron chi connectivity index (χ4n) is 2.53. The molecule has 84 valence electrons. The van der Waals surface area contributed by atoms with Crippen molar-refractivity contribution in [2.75, 3.05) is 5.32 Å². The van der Waals surface area contributed by atoms with Crippen LogP contribution in [0.1, 0.15) is 39.5 Å². The number of hydrogen-bond donors (Lipinski definition) is 1. The molecule has 1 saturated carbocycles. The molecule has 0 bridgehead atoms. The molecule has 2 atom stereocenters. The van der Waals surface area contributed by atoms with Gasteiger partial charge in [0, 0.05) is 17.6 Å². The Morgan fingerprint density at radius 2 is 2.20 bits per heavy atom. The van der Waals surface area contributed by atoms with E-state index >= 15 is 0 Å².